The Balaban J connectivity index is 0. The molecule has 0 spiro atoms. The SMILES string of the molecule is C=C/C=C\C(=C)C#CN.CC. The average molecular weight is 149 g/mol. The fourth-order valence-electron chi connectivity index (χ4n) is 0.319. The third-order valence-corrected chi connectivity index (χ3v) is 0.666. The second-order valence-electron chi connectivity index (χ2n) is 1.39. The standard InChI is InChI=1S/C8H9N.C2H6/c1-3-4-5-8(2)6-7-9;1-2/h3-5H,1-2,9H2;1-2H3/b5-4-;. The minimum Gasteiger partial charge on any atom is -0.359 e. The zero-order valence-corrected chi connectivity index (χ0v) is 7.22. The molecule has 60 valence electrons. The fraction of sp³-hybridized carbons (Fsp3) is 0.200. The third-order valence-electron chi connectivity index (χ3n) is 0.666. The molecule has 11 heavy (non-hydrogen) atoms. The van der Waals surface area contributed by atoms with Crippen molar-refractivity contribution in [1.82, 2.24) is 0 Å². The van der Waals surface area contributed by atoms with E-state index in [-0.39, 0.29) is 0 Å². The predicted molar refractivity (Wildman–Crippen MR) is 51.8 cm³/mol. The maximum Gasteiger partial charge on any atom is 0.0191 e. The summed E-state index contributed by atoms with van der Waals surface area (Å²) in [5.74, 6) is 2.58. The van der Waals surface area contributed by atoms with Crippen molar-refractivity contribution in [2.75, 3.05) is 0 Å². The van der Waals surface area contributed by atoms with Gasteiger partial charge in [-0.15, -0.1) is 0 Å². The highest BCUT2D eigenvalue weighted by molar-refractivity contribution is 5.35. The highest BCUT2D eigenvalue weighted by Gasteiger charge is 1.72. The van der Waals surface area contributed by atoms with Gasteiger partial charge in [0.05, 0.1) is 0 Å². The van der Waals surface area contributed by atoms with Crippen molar-refractivity contribution >= 4 is 0 Å². The van der Waals surface area contributed by atoms with E-state index in [4.69, 9.17) is 5.73 Å². The van der Waals surface area contributed by atoms with Gasteiger partial charge in [0.1, 0.15) is 0 Å². The summed E-state index contributed by atoms with van der Waals surface area (Å²) in [4.78, 5) is 0. The van der Waals surface area contributed by atoms with Crippen molar-refractivity contribution in [3.8, 4) is 12.0 Å². The molecule has 1 heteroatoms. The van der Waals surface area contributed by atoms with Crippen LogP contribution in [0.2, 0.25) is 0 Å². The first kappa shape index (κ1) is 12.3. The molecule has 0 aliphatic heterocycles. The van der Waals surface area contributed by atoms with Crippen LogP contribution in [-0.2, 0) is 0 Å². The molecule has 0 amide bonds. The van der Waals surface area contributed by atoms with Crippen molar-refractivity contribution in [2.45, 2.75) is 13.8 Å². The minimum absolute atomic E-state index is 0.692. The molecule has 0 bridgehead atoms. The zero-order chi connectivity index (χ0) is 9.11. The van der Waals surface area contributed by atoms with Crippen molar-refractivity contribution < 1.29 is 0 Å². The Hall–Kier alpha value is -1.42. The third kappa shape index (κ3) is 11.9. The summed E-state index contributed by atoms with van der Waals surface area (Å²) in [5.41, 5.74) is 5.61. The summed E-state index contributed by atoms with van der Waals surface area (Å²) in [7, 11) is 0. The maximum absolute atomic E-state index is 4.92. The Kier molecular flexibility index (Phi) is 12.7. The molecule has 1 nitrogen and oxygen atoms in total. The van der Waals surface area contributed by atoms with E-state index in [0.29, 0.717) is 5.57 Å². The van der Waals surface area contributed by atoms with Crippen molar-refractivity contribution in [3.05, 3.63) is 37.0 Å². The largest absolute Gasteiger partial charge is 0.359 e. The van der Waals surface area contributed by atoms with Gasteiger partial charge in [0.2, 0.25) is 0 Å². The summed E-state index contributed by atoms with van der Waals surface area (Å²) in [6, 6.07) is 2.24. The van der Waals surface area contributed by atoms with E-state index >= 15 is 0 Å². The van der Waals surface area contributed by atoms with Gasteiger partial charge in [0.25, 0.3) is 0 Å². The number of rotatable bonds is 2. The molecule has 0 unspecified atom stereocenters. The first-order valence-electron chi connectivity index (χ1n) is 3.51. The summed E-state index contributed by atoms with van der Waals surface area (Å²) >= 11 is 0. The highest BCUT2D eigenvalue weighted by atomic mass is 14.4. The second-order valence-corrected chi connectivity index (χ2v) is 1.39. The lowest BCUT2D eigenvalue weighted by Gasteiger charge is -1.78. The molecular formula is C10H15N. The zero-order valence-electron chi connectivity index (χ0n) is 7.22. The molecule has 0 aromatic carbocycles. The normalized spacial score (nSPS) is 7.09. The van der Waals surface area contributed by atoms with Crippen molar-refractivity contribution in [2.24, 2.45) is 5.73 Å². The van der Waals surface area contributed by atoms with Crippen LogP contribution in [0.5, 0.6) is 0 Å². The van der Waals surface area contributed by atoms with Gasteiger partial charge in [-0.25, -0.2) is 0 Å². The molecule has 0 fully saturated rings. The topological polar surface area (TPSA) is 26.0 Å². The van der Waals surface area contributed by atoms with Gasteiger partial charge in [0.15, 0.2) is 0 Å². The van der Waals surface area contributed by atoms with E-state index in [2.05, 4.69) is 25.1 Å². The van der Waals surface area contributed by atoms with Crippen LogP contribution in [0.25, 0.3) is 0 Å². The molecule has 0 saturated heterocycles. The van der Waals surface area contributed by atoms with Gasteiger partial charge < -0.3 is 5.73 Å². The van der Waals surface area contributed by atoms with Crippen LogP contribution < -0.4 is 5.73 Å². The molecule has 0 aliphatic rings. The Morgan fingerprint density at radius 3 is 2.36 bits per heavy atom. The van der Waals surface area contributed by atoms with Gasteiger partial charge in [-0.2, -0.15) is 0 Å². The van der Waals surface area contributed by atoms with Crippen molar-refractivity contribution in [1.29, 1.82) is 0 Å². The second kappa shape index (κ2) is 11.4. The molecule has 0 aromatic rings. The average Bonchev–Trinajstić information content (AvgIpc) is 2.05. The molecule has 0 aliphatic carbocycles. The summed E-state index contributed by atoms with van der Waals surface area (Å²) in [5, 5.41) is 0. The lowest BCUT2D eigenvalue weighted by atomic mass is 10.3. The van der Waals surface area contributed by atoms with Crippen LogP contribution in [0.4, 0.5) is 0 Å². The number of allylic oxidation sites excluding steroid dienone is 4. The molecule has 0 aromatic heterocycles. The number of nitrogens with two attached hydrogens (primary N) is 1. The van der Waals surface area contributed by atoms with Crippen LogP contribution >= 0.6 is 0 Å². The van der Waals surface area contributed by atoms with E-state index in [1.165, 1.54) is 0 Å². The number of hydrogen-bond acceptors (Lipinski definition) is 1. The van der Waals surface area contributed by atoms with Crippen LogP contribution in [0, 0.1) is 12.0 Å². The van der Waals surface area contributed by atoms with E-state index in [0.717, 1.165) is 0 Å². The van der Waals surface area contributed by atoms with Gasteiger partial charge in [0, 0.05) is 11.6 Å². The Morgan fingerprint density at radius 2 is 2.00 bits per heavy atom. The molecular weight excluding hydrogens is 134 g/mol. The van der Waals surface area contributed by atoms with Gasteiger partial charge >= 0.3 is 0 Å². The van der Waals surface area contributed by atoms with Gasteiger partial charge in [-0.1, -0.05) is 39.2 Å². The van der Waals surface area contributed by atoms with E-state index in [9.17, 15) is 0 Å². The van der Waals surface area contributed by atoms with Crippen LogP contribution in [0.3, 0.4) is 0 Å². The molecule has 0 rings (SSSR count). The van der Waals surface area contributed by atoms with Crippen LogP contribution in [0.15, 0.2) is 37.0 Å². The summed E-state index contributed by atoms with van der Waals surface area (Å²) in [6.45, 7) is 11.1. The van der Waals surface area contributed by atoms with E-state index in [1.54, 1.807) is 18.2 Å². The predicted octanol–water partition coefficient (Wildman–Crippen LogP) is 2.23. The van der Waals surface area contributed by atoms with Crippen LogP contribution in [-0.4, -0.2) is 0 Å². The quantitative estimate of drug-likeness (QED) is 0.363. The Labute approximate surface area is 69.3 Å². The molecule has 0 saturated carbocycles. The Bertz CT molecular complexity index is 189. The first-order valence-corrected chi connectivity index (χ1v) is 3.51. The van der Waals surface area contributed by atoms with E-state index in [1.807, 2.05) is 13.8 Å². The van der Waals surface area contributed by atoms with Gasteiger partial charge in [-0.3, -0.25) is 0 Å². The summed E-state index contributed by atoms with van der Waals surface area (Å²) < 4.78 is 0. The first-order chi connectivity index (χ1) is 5.31. The number of hydrogen-bond donors (Lipinski definition) is 1. The highest BCUT2D eigenvalue weighted by Crippen LogP contribution is 1.87. The maximum atomic E-state index is 4.92. The molecule has 0 radical (unpaired) electrons. The Morgan fingerprint density at radius 1 is 1.45 bits per heavy atom. The minimum atomic E-state index is 0.692. The van der Waals surface area contributed by atoms with Gasteiger partial charge in [-0.05, 0) is 12.0 Å². The smallest absolute Gasteiger partial charge is 0.0191 e. The lowest BCUT2D eigenvalue weighted by Crippen LogP contribution is -1.76. The lowest BCUT2D eigenvalue weighted by molar-refractivity contribution is 1.50. The van der Waals surface area contributed by atoms with E-state index < -0.39 is 0 Å². The molecule has 0 atom stereocenters. The molecule has 2 N–H and O–H groups in total. The summed E-state index contributed by atoms with van der Waals surface area (Å²) in [6.07, 6.45) is 5.16. The van der Waals surface area contributed by atoms with Crippen molar-refractivity contribution in [3.63, 3.8) is 0 Å². The monoisotopic (exact) mass is 149 g/mol. The molecule has 0 heterocycles. The fourth-order valence-corrected chi connectivity index (χ4v) is 0.319. The van der Waals surface area contributed by atoms with Crippen LogP contribution in [0.1, 0.15) is 13.8 Å².